The van der Waals surface area contributed by atoms with Gasteiger partial charge in [-0.15, -0.1) is 0 Å². The molecule has 3 amide bonds. The molecule has 2 atom stereocenters. The minimum Gasteiger partial charge on any atom is -0.370 e. The highest BCUT2D eigenvalue weighted by Gasteiger charge is 2.48. The number of rotatable bonds is 5. The van der Waals surface area contributed by atoms with Gasteiger partial charge in [-0.2, -0.15) is 0 Å². The summed E-state index contributed by atoms with van der Waals surface area (Å²) in [6.45, 7) is 2.02. The number of anilines is 1. The van der Waals surface area contributed by atoms with Crippen molar-refractivity contribution >= 4 is 33.2 Å². The largest absolute Gasteiger partial charge is 0.370 e. The number of nitrogens with zero attached hydrogens (tertiary/aromatic N) is 2. The Balaban J connectivity index is 1.04. The number of nitrogens with one attached hydrogen (secondary N) is 1. The summed E-state index contributed by atoms with van der Waals surface area (Å²) in [5, 5.41) is 3.32. The summed E-state index contributed by atoms with van der Waals surface area (Å²) in [5.74, 6) is 3.01. The van der Waals surface area contributed by atoms with Crippen molar-refractivity contribution in [2.75, 3.05) is 36.0 Å². The van der Waals surface area contributed by atoms with Crippen LogP contribution in [0.15, 0.2) is 18.2 Å². The van der Waals surface area contributed by atoms with E-state index in [1.165, 1.54) is 32.1 Å². The van der Waals surface area contributed by atoms with E-state index in [0.717, 1.165) is 54.5 Å². The summed E-state index contributed by atoms with van der Waals surface area (Å²) in [7, 11) is -3.24. The average molecular weight is 540 g/mol. The molecule has 4 bridgehead atoms. The smallest absolute Gasteiger partial charge is 0.263 e. The summed E-state index contributed by atoms with van der Waals surface area (Å²) in [6, 6.07) is 4.69. The molecule has 204 valence electrons. The molecule has 8 nitrogen and oxygen atoms in total. The van der Waals surface area contributed by atoms with Crippen LogP contribution in [-0.2, 0) is 14.6 Å². The number of carbonyl (C=O) groups is 3. The number of hydrogen-bond acceptors (Lipinski definition) is 6. The number of hydrogen-bond donors (Lipinski definition) is 1. The van der Waals surface area contributed by atoms with E-state index in [4.69, 9.17) is 0 Å². The van der Waals surface area contributed by atoms with Crippen LogP contribution in [0, 0.1) is 35.5 Å². The van der Waals surface area contributed by atoms with Gasteiger partial charge in [0.2, 0.25) is 5.91 Å². The van der Waals surface area contributed by atoms with E-state index in [1.54, 1.807) is 12.1 Å². The molecule has 9 heteroatoms. The van der Waals surface area contributed by atoms with Gasteiger partial charge < -0.3 is 10.2 Å². The predicted octanol–water partition coefficient (Wildman–Crippen LogP) is 2.87. The molecule has 2 saturated heterocycles. The molecular weight excluding hydrogens is 502 g/mol. The Kier molecular flexibility index (Phi) is 5.87. The number of fused-ring (bicyclic) bond motifs is 1. The van der Waals surface area contributed by atoms with E-state index in [9.17, 15) is 22.8 Å². The van der Waals surface area contributed by atoms with Gasteiger partial charge in [0, 0.05) is 19.6 Å². The quantitative estimate of drug-likeness (QED) is 0.577. The zero-order valence-electron chi connectivity index (χ0n) is 21.8. The molecular formula is C29H37N3O5S. The highest BCUT2D eigenvalue weighted by atomic mass is 32.2. The maximum Gasteiger partial charge on any atom is 0.263 e. The summed E-state index contributed by atoms with van der Waals surface area (Å²) in [5.41, 5.74) is 1.38. The molecule has 38 heavy (non-hydrogen) atoms. The Bertz CT molecular complexity index is 1260. The van der Waals surface area contributed by atoms with Gasteiger partial charge in [-0.1, -0.05) is 6.07 Å². The van der Waals surface area contributed by atoms with Gasteiger partial charge in [0.15, 0.2) is 9.84 Å². The van der Waals surface area contributed by atoms with Gasteiger partial charge in [0.05, 0.1) is 40.3 Å². The van der Waals surface area contributed by atoms with E-state index < -0.39 is 27.7 Å². The molecule has 7 aliphatic rings. The Labute approximate surface area is 224 Å². The molecule has 0 unspecified atom stereocenters. The van der Waals surface area contributed by atoms with Gasteiger partial charge in [-0.25, -0.2) is 8.42 Å². The third-order valence-corrected chi connectivity index (χ3v) is 12.3. The molecule has 4 saturated carbocycles. The van der Waals surface area contributed by atoms with Crippen LogP contribution in [0.4, 0.5) is 5.69 Å². The molecule has 0 aromatic heterocycles. The van der Waals surface area contributed by atoms with Gasteiger partial charge in [-0.05, 0) is 93.1 Å². The standard InChI is InChI=1S/C29H37N3O5S/c33-27(30-14-24-20-10-17-9-18(12-20)13-21(24)11-17)19-3-2-7-31(15-19)25-5-1-4-23-26(25)29(35)32(28(23)34)22-6-8-38(36,37)16-22/h1,4-5,17-22,24H,2-3,6-16H2,(H,30,33)/t17?,18?,19-,20?,21?,22+,24?/m0/s1. The first-order valence-corrected chi connectivity index (χ1v) is 16.3. The zero-order valence-corrected chi connectivity index (χ0v) is 22.6. The van der Waals surface area contributed by atoms with Crippen LogP contribution in [0.1, 0.15) is 72.1 Å². The molecule has 1 aromatic rings. The molecule has 1 N–H and O–H groups in total. The van der Waals surface area contributed by atoms with Crippen LogP contribution in [0.3, 0.4) is 0 Å². The average Bonchev–Trinajstić information content (AvgIpc) is 3.38. The van der Waals surface area contributed by atoms with Crippen molar-refractivity contribution in [2.24, 2.45) is 35.5 Å². The Morgan fingerprint density at radius 2 is 1.71 bits per heavy atom. The fourth-order valence-corrected chi connectivity index (χ4v) is 10.7. The van der Waals surface area contributed by atoms with Crippen molar-refractivity contribution in [2.45, 2.75) is 57.4 Å². The van der Waals surface area contributed by atoms with Crippen molar-refractivity contribution in [3.05, 3.63) is 29.3 Å². The van der Waals surface area contributed by atoms with E-state index in [2.05, 4.69) is 10.2 Å². The lowest BCUT2D eigenvalue weighted by Gasteiger charge is -2.54. The van der Waals surface area contributed by atoms with E-state index in [-0.39, 0.29) is 23.3 Å². The summed E-state index contributed by atoms with van der Waals surface area (Å²) in [6.07, 6.45) is 8.77. The number of sulfone groups is 1. The Morgan fingerprint density at radius 1 is 0.974 bits per heavy atom. The summed E-state index contributed by atoms with van der Waals surface area (Å²) >= 11 is 0. The second-order valence-electron chi connectivity index (χ2n) is 12.9. The molecule has 0 radical (unpaired) electrons. The number of carbonyl (C=O) groups excluding carboxylic acids is 3. The Morgan fingerprint density at radius 3 is 2.39 bits per heavy atom. The summed E-state index contributed by atoms with van der Waals surface area (Å²) in [4.78, 5) is 43.2. The first-order valence-electron chi connectivity index (χ1n) is 14.5. The maximum absolute atomic E-state index is 13.5. The van der Waals surface area contributed by atoms with E-state index in [1.807, 2.05) is 6.07 Å². The normalized spacial score (nSPS) is 37.1. The van der Waals surface area contributed by atoms with Crippen molar-refractivity contribution < 1.29 is 22.8 Å². The topological polar surface area (TPSA) is 104 Å². The first-order chi connectivity index (χ1) is 18.3. The zero-order chi connectivity index (χ0) is 26.2. The molecule has 3 heterocycles. The van der Waals surface area contributed by atoms with Gasteiger partial charge in [0.25, 0.3) is 11.8 Å². The van der Waals surface area contributed by atoms with Gasteiger partial charge in [-0.3, -0.25) is 19.3 Å². The van der Waals surface area contributed by atoms with Crippen molar-refractivity contribution in [3.63, 3.8) is 0 Å². The van der Waals surface area contributed by atoms with Crippen molar-refractivity contribution in [1.29, 1.82) is 0 Å². The highest BCUT2D eigenvalue weighted by molar-refractivity contribution is 7.91. The van der Waals surface area contributed by atoms with Crippen LogP contribution in [0.25, 0.3) is 0 Å². The second kappa shape index (κ2) is 9.07. The number of piperidine rings is 1. The SMILES string of the molecule is O=C(NCC1C2CC3CC(C2)CC1C3)[C@H]1CCCN(c2cccc3c2C(=O)N([C@@H]2CCS(=O)(=O)C2)C3=O)C1. The molecule has 4 aliphatic carbocycles. The lowest BCUT2D eigenvalue weighted by atomic mass is 9.52. The Hall–Kier alpha value is -2.42. The molecule has 3 aliphatic heterocycles. The van der Waals surface area contributed by atoms with Crippen LogP contribution in [-0.4, -0.2) is 68.2 Å². The number of imide groups is 1. The third-order valence-electron chi connectivity index (χ3n) is 10.6. The second-order valence-corrected chi connectivity index (χ2v) is 15.1. The predicted molar refractivity (Wildman–Crippen MR) is 142 cm³/mol. The van der Waals surface area contributed by atoms with Gasteiger partial charge in [0.1, 0.15) is 0 Å². The van der Waals surface area contributed by atoms with Crippen LogP contribution >= 0.6 is 0 Å². The van der Waals surface area contributed by atoms with Crippen LogP contribution in [0.5, 0.6) is 0 Å². The van der Waals surface area contributed by atoms with Crippen LogP contribution in [0.2, 0.25) is 0 Å². The minimum absolute atomic E-state index is 0.00432. The highest BCUT2D eigenvalue weighted by Crippen LogP contribution is 2.56. The molecule has 0 spiro atoms. The fourth-order valence-electron chi connectivity index (χ4n) is 9.00. The third kappa shape index (κ3) is 4.07. The van der Waals surface area contributed by atoms with E-state index >= 15 is 0 Å². The first kappa shape index (κ1) is 24.6. The lowest BCUT2D eigenvalue weighted by Crippen LogP contribution is -2.50. The monoisotopic (exact) mass is 539 g/mol. The molecule has 1 aromatic carbocycles. The molecule has 8 rings (SSSR count). The van der Waals surface area contributed by atoms with Crippen molar-refractivity contribution in [3.8, 4) is 0 Å². The number of benzene rings is 1. The van der Waals surface area contributed by atoms with Crippen LogP contribution < -0.4 is 10.2 Å². The van der Waals surface area contributed by atoms with E-state index in [0.29, 0.717) is 35.7 Å². The van der Waals surface area contributed by atoms with Crippen molar-refractivity contribution in [1.82, 2.24) is 10.2 Å². The minimum atomic E-state index is -3.24. The lowest BCUT2D eigenvalue weighted by molar-refractivity contribution is -0.126. The summed E-state index contributed by atoms with van der Waals surface area (Å²) < 4.78 is 24.1. The molecule has 6 fully saturated rings. The maximum atomic E-state index is 13.5. The van der Waals surface area contributed by atoms with Gasteiger partial charge >= 0.3 is 0 Å². The number of amides is 3. The fraction of sp³-hybridized carbons (Fsp3) is 0.690.